The van der Waals surface area contributed by atoms with Gasteiger partial charge >= 0.3 is 5.97 Å². The Labute approximate surface area is 92.0 Å². The largest absolute Gasteiger partial charge is 0.476 e. The van der Waals surface area contributed by atoms with Crippen molar-refractivity contribution in [2.24, 2.45) is 0 Å². The lowest BCUT2D eigenvalue weighted by Gasteiger charge is -2.13. The van der Waals surface area contributed by atoms with Gasteiger partial charge in [0.05, 0.1) is 16.5 Å². The Hall–Kier alpha value is -0.980. The number of aliphatic hydroxyl groups excluding tert-OH is 1. The highest BCUT2D eigenvalue weighted by atomic mass is 32.1. The maximum atomic E-state index is 10.9. The number of nitrogens with zero attached hydrogens (tertiary/aromatic N) is 2. The van der Waals surface area contributed by atoms with Crippen molar-refractivity contribution in [1.82, 2.24) is 9.88 Å². The first kappa shape index (κ1) is 12.1. The number of hydrogen-bond acceptors (Lipinski definition) is 5. The number of aromatic carboxylic acids is 1. The van der Waals surface area contributed by atoms with Gasteiger partial charge in [-0.3, -0.25) is 4.90 Å². The molecular formula is C9H14N2O3S. The van der Waals surface area contributed by atoms with Crippen molar-refractivity contribution in [2.75, 3.05) is 20.2 Å². The molecule has 0 radical (unpaired) electrons. The SMILES string of the molecule is Cc1nc(C(=O)O)c(CN(C)CCO)s1. The third kappa shape index (κ3) is 3.26. The van der Waals surface area contributed by atoms with Gasteiger partial charge in [0.25, 0.3) is 0 Å². The number of aryl methyl sites for hydroxylation is 1. The number of likely N-dealkylation sites (N-methyl/N-ethyl adjacent to an activating group) is 1. The Morgan fingerprint density at radius 1 is 1.60 bits per heavy atom. The molecule has 0 saturated carbocycles. The van der Waals surface area contributed by atoms with E-state index in [9.17, 15) is 4.79 Å². The number of aromatic nitrogens is 1. The molecule has 0 aliphatic heterocycles. The summed E-state index contributed by atoms with van der Waals surface area (Å²) in [5.74, 6) is -0.994. The van der Waals surface area contributed by atoms with Crippen molar-refractivity contribution < 1.29 is 15.0 Å². The van der Waals surface area contributed by atoms with Crippen LogP contribution in [0.3, 0.4) is 0 Å². The summed E-state index contributed by atoms with van der Waals surface area (Å²) in [4.78, 5) is 17.4. The second-order valence-electron chi connectivity index (χ2n) is 3.27. The molecule has 0 fully saturated rings. The van der Waals surface area contributed by atoms with Gasteiger partial charge in [-0.1, -0.05) is 0 Å². The molecule has 15 heavy (non-hydrogen) atoms. The Bertz CT molecular complexity index is 351. The molecule has 1 heterocycles. The summed E-state index contributed by atoms with van der Waals surface area (Å²) in [7, 11) is 1.83. The highest BCUT2D eigenvalue weighted by Gasteiger charge is 2.16. The standard InChI is InChI=1S/C9H14N2O3S/c1-6-10-8(9(13)14)7(15-6)5-11(2)3-4-12/h12H,3-5H2,1-2H3,(H,13,14). The van der Waals surface area contributed by atoms with Crippen LogP contribution < -0.4 is 0 Å². The van der Waals surface area contributed by atoms with E-state index in [0.29, 0.717) is 13.1 Å². The number of hydrogen-bond donors (Lipinski definition) is 2. The molecule has 0 spiro atoms. The van der Waals surface area contributed by atoms with Crippen molar-refractivity contribution >= 4 is 17.3 Å². The van der Waals surface area contributed by atoms with Gasteiger partial charge in [-0.2, -0.15) is 0 Å². The van der Waals surface area contributed by atoms with E-state index in [-0.39, 0.29) is 12.3 Å². The number of aliphatic hydroxyl groups is 1. The van der Waals surface area contributed by atoms with Gasteiger partial charge in [-0.15, -0.1) is 11.3 Å². The Morgan fingerprint density at radius 2 is 2.27 bits per heavy atom. The van der Waals surface area contributed by atoms with Gasteiger partial charge in [0.2, 0.25) is 0 Å². The summed E-state index contributed by atoms with van der Waals surface area (Å²) in [6, 6.07) is 0. The molecular weight excluding hydrogens is 216 g/mol. The maximum absolute atomic E-state index is 10.9. The molecule has 1 aromatic heterocycles. The fourth-order valence-electron chi connectivity index (χ4n) is 1.24. The van der Waals surface area contributed by atoms with E-state index >= 15 is 0 Å². The summed E-state index contributed by atoms with van der Waals surface area (Å²) in [6.07, 6.45) is 0. The Morgan fingerprint density at radius 3 is 2.80 bits per heavy atom. The number of rotatable bonds is 5. The normalized spacial score (nSPS) is 10.9. The first-order valence-electron chi connectivity index (χ1n) is 4.53. The van der Waals surface area contributed by atoms with Gasteiger partial charge in [-0.25, -0.2) is 9.78 Å². The molecule has 0 amide bonds. The second-order valence-corrected chi connectivity index (χ2v) is 4.56. The van der Waals surface area contributed by atoms with E-state index in [0.717, 1.165) is 9.88 Å². The predicted molar refractivity (Wildman–Crippen MR) is 57.2 cm³/mol. The quantitative estimate of drug-likeness (QED) is 0.773. The van der Waals surface area contributed by atoms with Gasteiger partial charge in [0, 0.05) is 13.1 Å². The van der Waals surface area contributed by atoms with E-state index in [2.05, 4.69) is 4.98 Å². The first-order chi connectivity index (χ1) is 7.04. The van der Waals surface area contributed by atoms with Crippen LogP contribution in [-0.2, 0) is 6.54 Å². The minimum absolute atomic E-state index is 0.0662. The minimum Gasteiger partial charge on any atom is -0.476 e. The lowest BCUT2D eigenvalue weighted by molar-refractivity contribution is 0.0689. The van der Waals surface area contributed by atoms with Crippen molar-refractivity contribution in [1.29, 1.82) is 0 Å². The van der Waals surface area contributed by atoms with Crippen LogP contribution in [-0.4, -0.2) is 46.3 Å². The van der Waals surface area contributed by atoms with Crippen LogP contribution in [0.4, 0.5) is 0 Å². The summed E-state index contributed by atoms with van der Waals surface area (Å²) in [5.41, 5.74) is 0.127. The zero-order valence-corrected chi connectivity index (χ0v) is 9.54. The molecule has 0 aliphatic rings. The third-order valence-corrected chi connectivity index (χ3v) is 2.86. The van der Waals surface area contributed by atoms with Crippen molar-refractivity contribution in [3.8, 4) is 0 Å². The second kappa shape index (κ2) is 5.20. The van der Waals surface area contributed by atoms with Crippen LogP contribution in [0.15, 0.2) is 0 Å². The maximum Gasteiger partial charge on any atom is 0.355 e. The monoisotopic (exact) mass is 230 g/mol. The van der Waals surface area contributed by atoms with Gasteiger partial charge in [-0.05, 0) is 14.0 Å². The van der Waals surface area contributed by atoms with Crippen LogP contribution >= 0.6 is 11.3 Å². The third-order valence-electron chi connectivity index (χ3n) is 1.90. The van der Waals surface area contributed by atoms with E-state index < -0.39 is 5.97 Å². The van der Waals surface area contributed by atoms with Crippen LogP contribution in [0, 0.1) is 6.92 Å². The first-order valence-corrected chi connectivity index (χ1v) is 5.35. The highest BCUT2D eigenvalue weighted by molar-refractivity contribution is 7.11. The van der Waals surface area contributed by atoms with Crippen LogP contribution in [0.25, 0.3) is 0 Å². The average molecular weight is 230 g/mol. The molecule has 0 aliphatic carbocycles. The topological polar surface area (TPSA) is 73.7 Å². The molecule has 2 N–H and O–H groups in total. The summed E-state index contributed by atoms with van der Waals surface area (Å²) < 4.78 is 0. The number of carboxylic acid groups (broad SMARTS) is 1. The molecule has 0 aromatic carbocycles. The predicted octanol–water partition coefficient (Wildman–Crippen LogP) is 0.574. The summed E-state index contributed by atoms with van der Waals surface area (Å²) in [6.45, 7) is 2.88. The van der Waals surface area contributed by atoms with E-state index in [1.54, 1.807) is 6.92 Å². The Kier molecular flexibility index (Phi) is 4.19. The van der Waals surface area contributed by atoms with Gasteiger partial charge in [0.1, 0.15) is 0 Å². The minimum atomic E-state index is -0.994. The van der Waals surface area contributed by atoms with E-state index in [1.165, 1.54) is 11.3 Å². The zero-order chi connectivity index (χ0) is 11.4. The fourth-order valence-corrected chi connectivity index (χ4v) is 2.25. The number of carbonyl (C=O) groups is 1. The average Bonchev–Trinajstić information content (AvgIpc) is 2.47. The smallest absolute Gasteiger partial charge is 0.355 e. The molecule has 0 atom stereocenters. The molecule has 1 aromatic rings. The lowest BCUT2D eigenvalue weighted by atomic mass is 10.3. The highest BCUT2D eigenvalue weighted by Crippen LogP contribution is 2.19. The number of carboxylic acids is 1. The molecule has 0 unspecified atom stereocenters. The summed E-state index contributed by atoms with van der Waals surface area (Å²) >= 11 is 1.38. The molecule has 0 saturated heterocycles. The van der Waals surface area contributed by atoms with Crippen LogP contribution in [0.2, 0.25) is 0 Å². The Balaban J connectivity index is 2.79. The van der Waals surface area contributed by atoms with Crippen molar-refractivity contribution in [2.45, 2.75) is 13.5 Å². The van der Waals surface area contributed by atoms with E-state index in [1.807, 2.05) is 11.9 Å². The van der Waals surface area contributed by atoms with Crippen LogP contribution in [0.5, 0.6) is 0 Å². The van der Waals surface area contributed by atoms with Gasteiger partial charge in [0.15, 0.2) is 5.69 Å². The molecule has 0 bridgehead atoms. The molecule has 6 heteroatoms. The van der Waals surface area contributed by atoms with Gasteiger partial charge < -0.3 is 10.2 Å². The summed E-state index contributed by atoms with van der Waals surface area (Å²) in [5, 5.41) is 18.4. The number of thiazole rings is 1. The molecule has 84 valence electrons. The van der Waals surface area contributed by atoms with Crippen LogP contribution in [0.1, 0.15) is 20.4 Å². The lowest BCUT2D eigenvalue weighted by Crippen LogP contribution is -2.22. The van der Waals surface area contributed by atoms with Crippen molar-refractivity contribution in [3.05, 3.63) is 15.6 Å². The van der Waals surface area contributed by atoms with Crippen molar-refractivity contribution in [3.63, 3.8) is 0 Å². The molecule has 1 rings (SSSR count). The molecule has 5 nitrogen and oxygen atoms in total. The van der Waals surface area contributed by atoms with E-state index in [4.69, 9.17) is 10.2 Å². The fraction of sp³-hybridized carbons (Fsp3) is 0.556. The zero-order valence-electron chi connectivity index (χ0n) is 8.73.